The van der Waals surface area contributed by atoms with Gasteiger partial charge in [0.2, 0.25) is 0 Å². The van der Waals surface area contributed by atoms with Crippen molar-refractivity contribution in [2.45, 2.75) is 19.8 Å². The number of hydrogen-bond donors (Lipinski definition) is 1. The Morgan fingerprint density at radius 2 is 2.05 bits per heavy atom. The van der Waals surface area contributed by atoms with Crippen molar-refractivity contribution >= 4 is 11.9 Å². The Morgan fingerprint density at radius 3 is 2.65 bits per heavy atom. The Morgan fingerprint density at radius 1 is 1.30 bits per heavy atom. The molecule has 0 fully saturated rings. The van der Waals surface area contributed by atoms with Gasteiger partial charge in [0.25, 0.3) is 5.91 Å². The van der Waals surface area contributed by atoms with Crippen LogP contribution in [0.3, 0.4) is 0 Å². The monoisotopic (exact) mass is 279 g/mol. The smallest absolute Gasteiger partial charge is 0.305 e. The van der Waals surface area contributed by atoms with E-state index in [-0.39, 0.29) is 18.9 Å². The van der Waals surface area contributed by atoms with Crippen molar-refractivity contribution in [3.8, 4) is 0 Å². The summed E-state index contributed by atoms with van der Waals surface area (Å²) in [6.07, 6.45) is 0.637. The third-order valence-electron chi connectivity index (χ3n) is 2.92. The third-order valence-corrected chi connectivity index (χ3v) is 2.92. The number of rotatable bonds is 8. The zero-order valence-corrected chi connectivity index (χ0v) is 12.0. The lowest BCUT2D eigenvalue weighted by Gasteiger charge is -2.22. The van der Waals surface area contributed by atoms with Crippen molar-refractivity contribution in [1.29, 1.82) is 0 Å². The van der Waals surface area contributed by atoms with Crippen molar-refractivity contribution in [3.63, 3.8) is 0 Å². The number of benzene rings is 1. The van der Waals surface area contributed by atoms with Gasteiger partial charge in [-0.2, -0.15) is 0 Å². The fourth-order valence-electron chi connectivity index (χ4n) is 1.91. The van der Waals surface area contributed by atoms with Crippen LogP contribution < -0.4 is 0 Å². The molecule has 5 nitrogen and oxygen atoms in total. The van der Waals surface area contributed by atoms with Crippen LogP contribution in [-0.4, -0.2) is 48.7 Å². The minimum absolute atomic E-state index is 0.0511. The fourth-order valence-corrected chi connectivity index (χ4v) is 1.91. The number of aryl methyl sites for hydroxylation is 1. The van der Waals surface area contributed by atoms with E-state index in [9.17, 15) is 9.59 Å². The van der Waals surface area contributed by atoms with Crippen molar-refractivity contribution in [2.24, 2.45) is 0 Å². The zero-order chi connectivity index (χ0) is 15.0. The van der Waals surface area contributed by atoms with E-state index in [4.69, 9.17) is 9.84 Å². The molecular weight excluding hydrogens is 258 g/mol. The normalized spacial score (nSPS) is 10.3. The summed E-state index contributed by atoms with van der Waals surface area (Å²) < 4.78 is 4.97. The molecule has 0 atom stereocenters. The fraction of sp³-hybridized carbons (Fsp3) is 0.467. The van der Waals surface area contributed by atoms with Gasteiger partial charge in [-0.1, -0.05) is 17.7 Å². The molecule has 0 aliphatic heterocycles. The quantitative estimate of drug-likeness (QED) is 0.739. The predicted octanol–water partition coefficient (Wildman–Crippen LogP) is 1.95. The second-order valence-corrected chi connectivity index (χ2v) is 4.65. The van der Waals surface area contributed by atoms with Crippen LogP contribution in [0, 0.1) is 6.92 Å². The van der Waals surface area contributed by atoms with Gasteiger partial charge in [-0.05, 0) is 25.5 Å². The van der Waals surface area contributed by atoms with E-state index in [1.54, 1.807) is 18.1 Å². The molecule has 1 aromatic carbocycles. The average molecular weight is 279 g/mol. The number of hydrogen-bond acceptors (Lipinski definition) is 3. The maximum atomic E-state index is 12.4. The van der Waals surface area contributed by atoms with Gasteiger partial charge < -0.3 is 14.7 Å². The highest BCUT2D eigenvalue weighted by molar-refractivity contribution is 5.94. The van der Waals surface area contributed by atoms with Crippen molar-refractivity contribution in [1.82, 2.24) is 4.90 Å². The Kier molecular flexibility index (Phi) is 6.73. The standard InChI is InChI=1S/C15H21NO4/c1-12-5-3-6-13(11-12)15(19)16(8-4-10-20-2)9-7-14(17)18/h3,5-6,11H,4,7-10H2,1-2H3,(H,17,18). The van der Waals surface area contributed by atoms with Gasteiger partial charge >= 0.3 is 5.97 Å². The summed E-state index contributed by atoms with van der Waals surface area (Å²) in [4.78, 5) is 24.7. The first kappa shape index (κ1) is 16.2. The minimum atomic E-state index is -0.904. The average Bonchev–Trinajstić information content (AvgIpc) is 2.41. The molecular formula is C15H21NO4. The molecule has 0 aliphatic carbocycles. The van der Waals surface area contributed by atoms with Crippen molar-refractivity contribution in [3.05, 3.63) is 35.4 Å². The number of nitrogens with zero attached hydrogens (tertiary/aromatic N) is 1. The van der Waals surface area contributed by atoms with Gasteiger partial charge in [0.05, 0.1) is 6.42 Å². The second kappa shape index (κ2) is 8.32. The van der Waals surface area contributed by atoms with Gasteiger partial charge in [-0.3, -0.25) is 9.59 Å². The number of carboxylic acids is 1. The molecule has 20 heavy (non-hydrogen) atoms. The summed E-state index contributed by atoms with van der Waals surface area (Å²) in [5, 5.41) is 8.77. The Hall–Kier alpha value is -1.88. The molecule has 1 aromatic rings. The molecule has 0 aliphatic rings. The van der Waals surface area contributed by atoms with Crippen molar-refractivity contribution in [2.75, 3.05) is 26.8 Å². The molecule has 0 spiro atoms. The van der Waals surface area contributed by atoms with Crippen molar-refractivity contribution < 1.29 is 19.4 Å². The molecule has 0 aromatic heterocycles. The van der Waals surface area contributed by atoms with E-state index >= 15 is 0 Å². The molecule has 1 N–H and O–H groups in total. The Bertz CT molecular complexity index is 459. The molecule has 0 unspecified atom stereocenters. The predicted molar refractivity (Wildman–Crippen MR) is 75.8 cm³/mol. The molecule has 1 amide bonds. The third kappa shape index (κ3) is 5.40. The van der Waals surface area contributed by atoms with E-state index in [2.05, 4.69) is 0 Å². The lowest BCUT2D eigenvalue weighted by Crippen LogP contribution is -2.34. The number of aliphatic carboxylic acids is 1. The molecule has 0 heterocycles. The summed E-state index contributed by atoms with van der Waals surface area (Å²) in [5.74, 6) is -1.04. The highest BCUT2D eigenvalue weighted by Crippen LogP contribution is 2.09. The van der Waals surface area contributed by atoms with Crippen LogP contribution in [0.1, 0.15) is 28.8 Å². The van der Waals surface area contributed by atoms with Crippen LogP contribution in [0.2, 0.25) is 0 Å². The summed E-state index contributed by atoms with van der Waals surface area (Å²) >= 11 is 0. The van der Waals surface area contributed by atoms with Gasteiger partial charge in [-0.15, -0.1) is 0 Å². The number of carboxylic acid groups (broad SMARTS) is 1. The maximum Gasteiger partial charge on any atom is 0.305 e. The summed E-state index contributed by atoms with van der Waals surface area (Å²) in [7, 11) is 1.60. The van der Waals surface area contributed by atoms with Crippen LogP contribution in [-0.2, 0) is 9.53 Å². The van der Waals surface area contributed by atoms with E-state index in [0.29, 0.717) is 25.1 Å². The van der Waals surface area contributed by atoms with Gasteiger partial charge in [0.1, 0.15) is 0 Å². The van der Waals surface area contributed by atoms with Gasteiger partial charge in [0.15, 0.2) is 0 Å². The molecule has 0 saturated carbocycles. The minimum Gasteiger partial charge on any atom is -0.481 e. The largest absolute Gasteiger partial charge is 0.481 e. The van der Waals surface area contributed by atoms with Crippen LogP contribution in [0.5, 0.6) is 0 Å². The molecule has 0 saturated heterocycles. The van der Waals surface area contributed by atoms with Crippen LogP contribution >= 0.6 is 0 Å². The molecule has 5 heteroatoms. The second-order valence-electron chi connectivity index (χ2n) is 4.65. The van der Waals surface area contributed by atoms with Crippen LogP contribution in [0.25, 0.3) is 0 Å². The lowest BCUT2D eigenvalue weighted by atomic mass is 10.1. The van der Waals surface area contributed by atoms with Gasteiger partial charge in [-0.25, -0.2) is 0 Å². The van der Waals surface area contributed by atoms with E-state index in [1.165, 1.54) is 0 Å². The highest BCUT2D eigenvalue weighted by Gasteiger charge is 2.16. The first-order chi connectivity index (χ1) is 9.54. The Balaban J connectivity index is 2.74. The summed E-state index contributed by atoms with van der Waals surface area (Å²) in [5.41, 5.74) is 1.60. The highest BCUT2D eigenvalue weighted by atomic mass is 16.5. The summed E-state index contributed by atoms with van der Waals surface area (Å²) in [6.45, 7) is 3.17. The first-order valence-electron chi connectivity index (χ1n) is 6.61. The van der Waals surface area contributed by atoms with E-state index in [0.717, 1.165) is 5.56 Å². The van der Waals surface area contributed by atoms with Crippen LogP contribution in [0.4, 0.5) is 0 Å². The molecule has 1 rings (SSSR count). The number of carbonyl (C=O) groups excluding carboxylic acids is 1. The summed E-state index contributed by atoms with van der Waals surface area (Å²) in [6, 6.07) is 7.31. The topological polar surface area (TPSA) is 66.8 Å². The SMILES string of the molecule is COCCCN(CCC(=O)O)C(=O)c1cccc(C)c1. The van der Waals surface area contributed by atoms with Gasteiger partial charge in [0, 0.05) is 32.4 Å². The maximum absolute atomic E-state index is 12.4. The molecule has 110 valence electrons. The van der Waals surface area contributed by atoms with E-state index < -0.39 is 5.97 Å². The number of carbonyl (C=O) groups is 2. The number of ether oxygens (including phenoxy) is 1. The number of methoxy groups -OCH3 is 1. The zero-order valence-electron chi connectivity index (χ0n) is 12.0. The Labute approximate surface area is 119 Å². The number of amides is 1. The van der Waals surface area contributed by atoms with E-state index in [1.807, 2.05) is 25.1 Å². The molecule has 0 radical (unpaired) electrons. The molecule has 0 bridgehead atoms. The first-order valence-corrected chi connectivity index (χ1v) is 6.61. The van der Waals surface area contributed by atoms with Crippen LogP contribution in [0.15, 0.2) is 24.3 Å². The lowest BCUT2D eigenvalue weighted by molar-refractivity contribution is -0.137.